The largest absolute Gasteiger partial charge is 0.490 e. The molecule has 0 aliphatic carbocycles. The average molecular weight is 419 g/mol. The van der Waals surface area contributed by atoms with Gasteiger partial charge in [-0.25, -0.2) is 14.8 Å². The summed E-state index contributed by atoms with van der Waals surface area (Å²) in [4.78, 5) is 20.5. The summed E-state index contributed by atoms with van der Waals surface area (Å²) in [6.45, 7) is 0. The summed E-state index contributed by atoms with van der Waals surface area (Å²) in [5, 5.41) is 30.1. The van der Waals surface area contributed by atoms with Crippen molar-refractivity contribution in [2.45, 2.75) is 37.9 Å². The molecule has 0 fully saturated rings. The molecule has 156 valence electrons. The van der Waals surface area contributed by atoms with Crippen LogP contribution in [0.4, 0.5) is 13.2 Å². The maximum Gasteiger partial charge on any atom is 0.490 e. The number of nitrogens with zero attached hydrogens (tertiary/aromatic N) is 6. The number of carboxylic acids is 1. The second-order valence-corrected chi connectivity index (χ2v) is 6.02. The van der Waals surface area contributed by atoms with Crippen LogP contribution in [-0.2, 0) is 4.79 Å². The number of halogens is 3. The number of hydrogen-bond acceptors (Lipinski definition) is 6. The molecule has 30 heavy (non-hydrogen) atoms. The van der Waals surface area contributed by atoms with E-state index in [2.05, 4.69) is 32.2 Å². The molecule has 0 radical (unpaired) electrons. The van der Waals surface area contributed by atoms with E-state index in [-0.39, 0.29) is 6.04 Å². The molecular formula is C18H16F3N7O2. The molecule has 3 rings (SSSR count). The van der Waals surface area contributed by atoms with Gasteiger partial charge in [0.2, 0.25) is 0 Å². The van der Waals surface area contributed by atoms with Gasteiger partial charge in [0.05, 0.1) is 30.1 Å². The lowest BCUT2D eigenvalue weighted by Gasteiger charge is -2.14. The van der Waals surface area contributed by atoms with E-state index in [1.807, 2.05) is 23.1 Å². The fraction of sp³-hybridized carbons (Fsp3) is 0.333. The molecular weight excluding hydrogens is 403 g/mol. The Kier molecular flexibility index (Phi) is 7.47. The van der Waals surface area contributed by atoms with E-state index in [1.165, 1.54) is 6.33 Å². The van der Waals surface area contributed by atoms with Crippen LogP contribution in [0.5, 0.6) is 0 Å². The third-order valence-electron chi connectivity index (χ3n) is 4.02. The highest BCUT2D eigenvalue weighted by Gasteiger charge is 2.38. The summed E-state index contributed by atoms with van der Waals surface area (Å²) in [5.41, 5.74) is 2.51. The van der Waals surface area contributed by atoms with Crippen LogP contribution in [0.15, 0.2) is 31.0 Å². The quantitative estimate of drug-likeness (QED) is 0.621. The second-order valence-electron chi connectivity index (χ2n) is 6.02. The summed E-state index contributed by atoms with van der Waals surface area (Å²) >= 11 is 0. The van der Waals surface area contributed by atoms with E-state index in [4.69, 9.17) is 20.4 Å². The van der Waals surface area contributed by atoms with Gasteiger partial charge in [0.1, 0.15) is 12.0 Å². The first-order chi connectivity index (χ1) is 14.3. The third-order valence-corrected chi connectivity index (χ3v) is 4.02. The van der Waals surface area contributed by atoms with Crippen molar-refractivity contribution >= 4 is 17.0 Å². The standard InChI is InChI=1S/C16H15N7.C2HF3O2/c17-6-1-3-13(4-2-7-18)23-10-12(9-22-23)15-14-5-8-19-16(14)21-11-20-15;3-2(4,5)1(6)7/h5,8-11,13H,1-4H2,(H,19,20,21);(H,6,7). The number of carboxylic acid groups (broad SMARTS) is 1. The maximum atomic E-state index is 10.6. The van der Waals surface area contributed by atoms with Crippen LogP contribution >= 0.6 is 0 Å². The van der Waals surface area contributed by atoms with Crippen LogP contribution in [0.1, 0.15) is 31.7 Å². The van der Waals surface area contributed by atoms with Crippen molar-refractivity contribution in [3.8, 4) is 23.4 Å². The first-order valence-electron chi connectivity index (χ1n) is 8.64. The molecule has 3 heterocycles. The minimum Gasteiger partial charge on any atom is -0.475 e. The van der Waals surface area contributed by atoms with E-state index >= 15 is 0 Å². The lowest BCUT2D eigenvalue weighted by atomic mass is 10.1. The van der Waals surface area contributed by atoms with Gasteiger partial charge >= 0.3 is 12.1 Å². The van der Waals surface area contributed by atoms with Gasteiger partial charge < -0.3 is 10.1 Å². The first kappa shape index (κ1) is 22.4. The van der Waals surface area contributed by atoms with Crippen LogP contribution in [0, 0.1) is 22.7 Å². The van der Waals surface area contributed by atoms with Gasteiger partial charge in [0, 0.05) is 36.2 Å². The van der Waals surface area contributed by atoms with Crippen molar-refractivity contribution < 1.29 is 23.1 Å². The van der Waals surface area contributed by atoms with Gasteiger partial charge in [-0.2, -0.15) is 28.8 Å². The van der Waals surface area contributed by atoms with Gasteiger partial charge in [-0.05, 0) is 18.9 Å². The number of rotatable bonds is 6. The molecule has 2 N–H and O–H groups in total. The highest BCUT2D eigenvalue weighted by molar-refractivity contribution is 5.89. The Bertz CT molecular complexity index is 1060. The van der Waals surface area contributed by atoms with Crippen molar-refractivity contribution in [3.05, 3.63) is 31.0 Å². The smallest absolute Gasteiger partial charge is 0.475 e. The summed E-state index contributed by atoms with van der Waals surface area (Å²) in [5.74, 6) is -2.76. The minimum absolute atomic E-state index is 0.0478. The molecule has 0 aliphatic rings. The normalized spacial score (nSPS) is 10.9. The maximum absolute atomic E-state index is 10.6. The first-order valence-corrected chi connectivity index (χ1v) is 8.64. The van der Waals surface area contributed by atoms with E-state index in [9.17, 15) is 13.2 Å². The number of fused-ring (bicyclic) bond motifs is 1. The summed E-state index contributed by atoms with van der Waals surface area (Å²) in [6.07, 6.45) is 4.21. The van der Waals surface area contributed by atoms with Crippen LogP contribution in [-0.4, -0.2) is 42.0 Å². The SMILES string of the molecule is N#CCCC(CCC#N)n1cc(-c2ncnc3[nH]ccc23)cn1.O=C(O)C(F)(F)F. The van der Waals surface area contributed by atoms with Crippen molar-refractivity contribution in [1.82, 2.24) is 24.7 Å². The molecule has 0 aromatic carbocycles. The van der Waals surface area contributed by atoms with Crippen molar-refractivity contribution in [2.75, 3.05) is 0 Å². The Hall–Kier alpha value is -3.93. The molecule has 0 unspecified atom stereocenters. The molecule has 3 aromatic rings. The highest BCUT2D eigenvalue weighted by atomic mass is 19.4. The minimum atomic E-state index is -5.08. The molecule has 0 spiro atoms. The molecule has 9 nitrogen and oxygen atoms in total. The van der Waals surface area contributed by atoms with Crippen LogP contribution in [0.3, 0.4) is 0 Å². The topological polar surface area (TPSA) is 144 Å². The van der Waals surface area contributed by atoms with Gasteiger partial charge in [-0.15, -0.1) is 0 Å². The molecule has 0 saturated heterocycles. The zero-order valence-corrected chi connectivity index (χ0v) is 15.5. The van der Waals surface area contributed by atoms with E-state index < -0.39 is 12.1 Å². The van der Waals surface area contributed by atoms with Crippen LogP contribution in [0.2, 0.25) is 0 Å². The Balaban J connectivity index is 0.000000396. The zero-order valence-electron chi connectivity index (χ0n) is 15.5. The molecule has 0 atom stereocenters. The third kappa shape index (κ3) is 5.78. The average Bonchev–Trinajstić information content (AvgIpc) is 3.37. The number of nitrogens with one attached hydrogen (secondary N) is 1. The molecule has 0 aliphatic heterocycles. The van der Waals surface area contributed by atoms with Crippen molar-refractivity contribution in [1.29, 1.82) is 10.5 Å². The number of aromatic amines is 1. The van der Waals surface area contributed by atoms with Crippen LogP contribution < -0.4 is 0 Å². The van der Waals surface area contributed by atoms with Gasteiger partial charge in [0.25, 0.3) is 0 Å². The van der Waals surface area contributed by atoms with Crippen LogP contribution in [0.25, 0.3) is 22.3 Å². The zero-order chi connectivity index (χ0) is 22.1. The summed E-state index contributed by atoms with van der Waals surface area (Å²) in [7, 11) is 0. The predicted octanol–water partition coefficient (Wildman–Crippen LogP) is 3.60. The number of aliphatic carboxylic acids is 1. The van der Waals surface area contributed by atoms with Crippen molar-refractivity contribution in [2.24, 2.45) is 0 Å². The van der Waals surface area contributed by atoms with E-state index in [1.54, 1.807) is 6.20 Å². The molecule has 0 saturated carbocycles. The predicted molar refractivity (Wildman–Crippen MR) is 97.5 cm³/mol. The van der Waals surface area contributed by atoms with E-state index in [0.717, 1.165) is 22.3 Å². The highest BCUT2D eigenvalue weighted by Crippen LogP contribution is 2.27. The second kappa shape index (κ2) is 10.0. The van der Waals surface area contributed by atoms with E-state index in [0.29, 0.717) is 25.7 Å². The van der Waals surface area contributed by atoms with Gasteiger partial charge in [0.15, 0.2) is 0 Å². The number of carbonyl (C=O) groups is 1. The van der Waals surface area contributed by atoms with Crippen molar-refractivity contribution in [3.63, 3.8) is 0 Å². The number of nitriles is 2. The molecule has 0 bridgehead atoms. The monoisotopic (exact) mass is 419 g/mol. The lowest BCUT2D eigenvalue weighted by Crippen LogP contribution is -2.21. The Labute approximate surface area is 168 Å². The Morgan fingerprint density at radius 3 is 2.43 bits per heavy atom. The lowest BCUT2D eigenvalue weighted by molar-refractivity contribution is -0.192. The molecule has 12 heteroatoms. The number of hydrogen-bond donors (Lipinski definition) is 2. The number of aromatic nitrogens is 5. The Morgan fingerprint density at radius 1 is 1.23 bits per heavy atom. The Morgan fingerprint density at radius 2 is 1.87 bits per heavy atom. The van der Waals surface area contributed by atoms with Gasteiger partial charge in [-0.1, -0.05) is 0 Å². The summed E-state index contributed by atoms with van der Waals surface area (Å²) in [6, 6.07) is 6.29. The summed E-state index contributed by atoms with van der Waals surface area (Å²) < 4.78 is 33.6. The van der Waals surface area contributed by atoms with Gasteiger partial charge in [-0.3, -0.25) is 4.68 Å². The fourth-order valence-corrected chi connectivity index (χ4v) is 2.63. The fourth-order valence-electron chi connectivity index (χ4n) is 2.63. The molecule has 0 amide bonds. The number of alkyl halides is 3. The number of H-pyrrole nitrogens is 1. The molecule has 3 aromatic heterocycles.